The van der Waals surface area contributed by atoms with Gasteiger partial charge in [0.05, 0.1) is 12.1 Å². The first-order valence-corrected chi connectivity index (χ1v) is 6.84. The van der Waals surface area contributed by atoms with Crippen molar-refractivity contribution in [2.75, 3.05) is 19.6 Å². The maximum Gasteiger partial charge on any atom is 0.234 e. The number of amides is 1. The molecule has 0 aromatic heterocycles. The van der Waals surface area contributed by atoms with Crippen LogP contribution >= 0.6 is 0 Å². The molecule has 106 valence electrons. The van der Waals surface area contributed by atoms with Crippen LogP contribution in [0.2, 0.25) is 0 Å². The van der Waals surface area contributed by atoms with Crippen molar-refractivity contribution < 1.29 is 9.90 Å². The van der Waals surface area contributed by atoms with Gasteiger partial charge in [0, 0.05) is 5.54 Å². The Labute approximate surface area is 111 Å². The molecule has 0 aromatic carbocycles. The molecule has 0 aromatic rings. The first kappa shape index (κ1) is 15.4. The maximum atomic E-state index is 11.8. The van der Waals surface area contributed by atoms with Crippen molar-refractivity contribution in [3.8, 4) is 0 Å². The fourth-order valence-corrected chi connectivity index (χ4v) is 2.46. The molecule has 4 nitrogen and oxygen atoms in total. The lowest BCUT2D eigenvalue weighted by Gasteiger charge is -2.37. The van der Waals surface area contributed by atoms with Gasteiger partial charge in [0.2, 0.25) is 5.91 Å². The van der Waals surface area contributed by atoms with Crippen LogP contribution in [0.1, 0.15) is 47.5 Å². The minimum absolute atomic E-state index is 0.0872. The predicted octanol–water partition coefficient (Wildman–Crippen LogP) is 1.38. The SMILES string of the molecule is CC(C)(C)NC(=O)CN1CCC(C(C)(C)O)CC1. The van der Waals surface area contributed by atoms with E-state index in [2.05, 4.69) is 10.2 Å². The molecule has 0 unspecified atom stereocenters. The molecule has 0 saturated carbocycles. The summed E-state index contributed by atoms with van der Waals surface area (Å²) in [6.07, 6.45) is 1.93. The van der Waals surface area contributed by atoms with Crippen molar-refractivity contribution >= 4 is 5.91 Å². The van der Waals surface area contributed by atoms with Crippen LogP contribution in [0.3, 0.4) is 0 Å². The molecule has 0 radical (unpaired) electrons. The Morgan fingerprint density at radius 1 is 1.22 bits per heavy atom. The molecular formula is C14H28N2O2. The van der Waals surface area contributed by atoms with Crippen molar-refractivity contribution in [2.24, 2.45) is 5.92 Å². The van der Waals surface area contributed by atoms with Crippen LogP contribution in [-0.2, 0) is 4.79 Å². The van der Waals surface area contributed by atoms with Crippen molar-refractivity contribution in [3.05, 3.63) is 0 Å². The number of hydrogen-bond donors (Lipinski definition) is 2. The zero-order valence-electron chi connectivity index (χ0n) is 12.4. The maximum absolute atomic E-state index is 11.8. The van der Waals surface area contributed by atoms with E-state index in [1.807, 2.05) is 34.6 Å². The number of carbonyl (C=O) groups excluding carboxylic acids is 1. The van der Waals surface area contributed by atoms with Gasteiger partial charge in [0.25, 0.3) is 0 Å². The summed E-state index contributed by atoms with van der Waals surface area (Å²) in [5, 5.41) is 12.9. The Morgan fingerprint density at radius 3 is 2.11 bits per heavy atom. The summed E-state index contributed by atoms with van der Waals surface area (Å²) < 4.78 is 0. The van der Waals surface area contributed by atoms with Crippen LogP contribution in [0.15, 0.2) is 0 Å². The average Bonchev–Trinajstić information content (AvgIpc) is 2.13. The molecule has 1 fully saturated rings. The number of carbonyl (C=O) groups is 1. The summed E-state index contributed by atoms with van der Waals surface area (Å²) in [5.41, 5.74) is -0.762. The zero-order chi connectivity index (χ0) is 14.0. The number of nitrogens with one attached hydrogen (secondary N) is 1. The lowest BCUT2D eigenvalue weighted by atomic mass is 9.83. The Hall–Kier alpha value is -0.610. The highest BCUT2D eigenvalue weighted by atomic mass is 16.3. The van der Waals surface area contributed by atoms with Gasteiger partial charge in [-0.3, -0.25) is 9.69 Å². The van der Waals surface area contributed by atoms with E-state index in [4.69, 9.17) is 0 Å². The van der Waals surface area contributed by atoms with Crippen molar-refractivity contribution in [2.45, 2.75) is 58.6 Å². The molecular weight excluding hydrogens is 228 g/mol. The molecule has 1 rings (SSSR count). The quantitative estimate of drug-likeness (QED) is 0.802. The fraction of sp³-hybridized carbons (Fsp3) is 0.929. The highest BCUT2D eigenvalue weighted by Gasteiger charge is 2.31. The summed E-state index contributed by atoms with van der Waals surface area (Å²) in [6, 6.07) is 0. The molecule has 2 N–H and O–H groups in total. The van der Waals surface area contributed by atoms with E-state index < -0.39 is 5.60 Å². The second-order valence-electron chi connectivity index (χ2n) is 7.00. The van der Waals surface area contributed by atoms with Gasteiger partial charge in [-0.05, 0) is 66.5 Å². The van der Waals surface area contributed by atoms with Crippen LogP contribution < -0.4 is 5.32 Å². The third-order valence-electron chi connectivity index (χ3n) is 3.47. The van der Waals surface area contributed by atoms with Crippen molar-refractivity contribution in [1.29, 1.82) is 0 Å². The minimum atomic E-state index is -0.597. The number of hydrogen-bond acceptors (Lipinski definition) is 3. The lowest BCUT2D eigenvalue weighted by Crippen LogP contribution is -2.49. The number of likely N-dealkylation sites (tertiary alicyclic amines) is 1. The van der Waals surface area contributed by atoms with E-state index >= 15 is 0 Å². The van der Waals surface area contributed by atoms with E-state index in [9.17, 15) is 9.90 Å². The Morgan fingerprint density at radius 2 is 1.72 bits per heavy atom. The van der Waals surface area contributed by atoms with E-state index in [-0.39, 0.29) is 11.4 Å². The summed E-state index contributed by atoms with van der Waals surface area (Å²) in [6.45, 7) is 12.0. The van der Waals surface area contributed by atoms with Gasteiger partial charge in [-0.2, -0.15) is 0 Å². The van der Waals surface area contributed by atoms with Gasteiger partial charge in [-0.1, -0.05) is 0 Å². The van der Waals surface area contributed by atoms with E-state index in [0.717, 1.165) is 25.9 Å². The van der Waals surface area contributed by atoms with E-state index in [1.165, 1.54) is 0 Å². The van der Waals surface area contributed by atoms with Crippen LogP contribution in [0.4, 0.5) is 0 Å². The number of nitrogens with zero attached hydrogens (tertiary/aromatic N) is 1. The molecule has 18 heavy (non-hydrogen) atoms. The molecule has 1 aliphatic rings. The highest BCUT2D eigenvalue weighted by molar-refractivity contribution is 5.78. The topological polar surface area (TPSA) is 52.6 Å². The molecule has 4 heteroatoms. The third kappa shape index (κ3) is 5.36. The molecule has 1 amide bonds. The van der Waals surface area contributed by atoms with Crippen LogP contribution in [0, 0.1) is 5.92 Å². The van der Waals surface area contributed by atoms with Crippen LogP contribution in [0.5, 0.6) is 0 Å². The second-order valence-corrected chi connectivity index (χ2v) is 7.00. The number of aliphatic hydroxyl groups is 1. The Balaban J connectivity index is 2.34. The highest BCUT2D eigenvalue weighted by Crippen LogP contribution is 2.27. The smallest absolute Gasteiger partial charge is 0.234 e. The average molecular weight is 256 g/mol. The molecule has 1 aliphatic heterocycles. The van der Waals surface area contributed by atoms with Crippen molar-refractivity contribution in [3.63, 3.8) is 0 Å². The largest absolute Gasteiger partial charge is 0.390 e. The Bertz CT molecular complexity index is 281. The fourth-order valence-electron chi connectivity index (χ4n) is 2.46. The molecule has 1 saturated heterocycles. The van der Waals surface area contributed by atoms with Gasteiger partial charge in [0.15, 0.2) is 0 Å². The second kappa shape index (κ2) is 5.57. The molecule has 0 spiro atoms. The van der Waals surface area contributed by atoms with Gasteiger partial charge in [-0.25, -0.2) is 0 Å². The van der Waals surface area contributed by atoms with Gasteiger partial charge >= 0.3 is 0 Å². The summed E-state index contributed by atoms with van der Waals surface area (Å²) in [7, 11) is 0. The third-order valence-corrected chi connectivity index (χ3v) is 3.47. The first-order valence-electron chi connectivity index (χ1n) is 6.84. The Kier molecular flexibility index (Phi) is 4.78. The standard InChI is InChI=1S/C14H28N2O2/c1-13(2,3)15-12(17)10-16-8-6-11(7-9-16)14(4,5)18/h11,18H,6-10H2,1-5H3,(H,15,17). The first-order chi connectivity index (χ1) is 8.08. The normalized spacial score (nSPS) is 19.9. The zero-order valence-corrected chi connectivity index (χ0v) is 12.4. The van der Waals surface area contributed by atoms with Gasteiger partial charge in [0.1, 0.15) is 0 Å². The number of piperidine rings is 1. The summed E-state index contributed by atoms with van der Waals surface area (Å²) >= 11 is 0. The predicted molar refractivity (Wildman–Crippen MR) is 73.4 cm³/mol. The molecule has 0 bridgehead atoms. The van der Waals surface area contributed by atoms with Crippen LogP contribution in [0.25, 0.3) is 0 Å². The lowest BCUT2D eigenvalue weighted by molar-refractivity contribution is -0.124. The van der Waals surface area contributed by atoms with Crippen LogP contribution in [-0.4, -0.2) is 46.7 Å². The van der Waals surface area contributed by atoms with Gasteiger partial charge < -0.3 is 10.4 Å². The molecule has 0 atom stereocenters. The minimum Gasteiger partial charge on any atom is -0.390 e. The van der Waals surface area contributed by atoms with E-state index in [0.29, 0.717) is 12.5 Å². The van der Waals surface area contributed by atoms with Gasteiger partial charge in [-0.15, -0.1) is 0 Å². The monoisotopic (exact) mass is 256 g/mol. The summed E-state index contributed by atoms with van der Waals surface area (Å²) in [4.78, 5) is 14.0. The summed E-state index contributed by atoms with van der Waals surface area (Å²) in [5.74, 6) is 0.434. The molecule has 1 heterocycles. The van der Waals surface area contributed by atoms with Crippen molar-refractivity contribution in [1.82, 2.24) is 10.2 Å². The van der Waals surface area contributed by atoms with E-state index in [1.54, 1.807) is 0 Å². The molecule has 0 aliphatic carbocycles. The number of rotatable bonds is 3.